The van der Waals surface area contributed by atoms with E-state index in [1.807, 2.05) is 11.8 Å². The Balaban J connectivity index is 1.93. The number of carbonyl (C=O) groups is 3. The maximum absolute atomic E-state index is 12.7. The van der Waals surface area contributed by atoms with Gasteiger partial charge in [-0.15, -0.1) is 11.8 Å². The summed E-state index contributed by atoms with van der Waals surface area (Å²) in [6.07, 6.45) is 3.10. The summed E-state index contributed by atoms with van der Waals surface area (Å²) < 4.78 is 0. The van der Waals surface area contributed by atoms with E-state index in [0.717, 1.165) is 19.4 Å². The van der Waals surface area contributed by atoms with Gasteiger partial charge in [-0.25, -0.2) is 0 Å². The Kier molecular flexibility index (Phi) is 6.11. The molecule has 7 heteroatoms. The van der Waals surface area contributed by atoms with Gasteiger partial charge in [0.05, 0.1) is 5.88 Å². The zero-order valence-electron chi connectivity index (χ0n) is 13.0. The van der Waals surface area contributed by atoms with E-state index in [9.17, 15) is 14.4 Å². The molecule has 124 valence electrons. The highest BCUT2D eigenvalue weighted by atomic mass is 32.2. The van der Waals surface area contributed by atoms with Crippen molar-refractivity contribution in [1.29, 1.82) is 0 Å². The van der Waals surface area contributed by atoms with Gasteiger partial charge in [-0.2, -0.15) is 0 Å². The molecule has 6 nitrogen and oxygen atoms in total. The SMILES string of the molecule is CCC(=O)N1CSCC1C(=O)N1CCCC(CCC(=O)O)C1. The van der Waals surface area contributed by atoms with E-state index >= 15 is 0 Å². The molecule has 0 aromatic carbocycles. The number of nitrogens with zero attached hydrogens (tertiary/aromatic N) is 2. The van der Waals surface area contributed by atoms with Crippen molar-refractivity contribution in [3.05, 3.63) is 0 Å². The van der Waals surface area contributed by atoms with E-state index in [1.165, 1.54) is 0 Å². The molecule has 0 radical (unpaired) electrons. The van der Waals surface area contributed by atoms with Gasteiger partial charge in [-0.05, 0) is 25.2 Å². The van der Waals surface area contributed by atoms with Crippen LogP contribution in [0.4, 0.5) is 0 Å². The molecule has 2 heterocycles. The van der Waals surface area contributed by atoms with Crippen LogP contribution < -0.4 is 0 Å². The van der Waals surface area contributed by atoms with E-state index in [2.05, 4.69) is 0 Å². The van der Waals surface area contributed by atoms with Crippen molar-refractivity contribution in [3.8, 4) is 0 Å². The van der Waals surface area contributed by atoms with Crippen LogP contribution in [0, 0.1) is 5.92 Å². The normalized spacial score (nSPS) is 25.3. The first kappa shape index (κ1) is 17.1. The minimum Gasteiger partial charge on any atom is -0.481 e. The third-order valence-corrected chi connectivity index (χ3v) is 5.40. The molecule has 0 bridgehead atoms. The lowest BCUT2D eigenvalue weighted by Crippen LogP contribution is -2.51. The van der Waals surface area contributed by atoms with Crippen molar-refractivity contribution in [3.63, 3.8) is 0 Å². The summed E-state index contributed by atoms with van der Waals surface area (Å²) in [6, 6.07) is -0.337. The van der Waals surface area contributed by atoms with E-state index in [0.29, 0.717) is 31.0 Å². The minimum absolute atomic E-state index is 0.0304. The van der Waals surface area contributed by atoms with Gasteiger partial charge in [-0.1, -0.05) is 6.92 Å². The average molecular weight is 328 g/mol. The van der Waals surface area contributed by atoms with Crippen LogP contribution in [-0.2, 0) is 14.4 Å². The molecule has 2 atom stereocenters. The summed E-state index contributed by atoms with van der Waals surface area (Å²) in [5, 5.41) is 8.79. The summed E-state index contributed by atoms with van der Waals surface area (Å²) in [6.45, 7) is 3.16. The Labute approximate surface area is 135 Å². The smallest absolute Gasteiger partial charge is 0.303 e. The molecule has 2 saturated heterocycles. The van der Waals surface area contributed by atoms with Crippen molar-refractivity contribution in [1.82, 2.24) is 9.80 Å². The van der Waals surface area contributed by atoms with Crippen molar-refractivity contribution in [2.45, 2.75) is 45.1 Å². The molecule has 2 fully saturated rings. The lowest BCUT2D eigenvalue weighted by Gasteiger charge is -2.35. The number of carboxylic acids is 1. The lowest BCUT2D eigenvalue weighted by molar-refractivity contribution is -0.144. The first-order valence-electron chi connectivity index (χ1n) is 7.90. The van der Waals surface area contributed by atoms with Gasteiger partial charge in [0.25, 0.3) is 0 Å². The standard InChI is InChI=1S/C15H24N2O4S/c1-2-13(18)17-10-22-9-12(17)15(21)16-7-3-4-11(8-16)5-6-14(19)20/h11-12H,2-10H2,1H3,(H,19,20). The molecule has 0 aromatic rings. The number of likely N-dealkylation sites (tertiary alicyclic amines) is 1. The number of thioether (sulfide) groups is 1. The first-order chi connectivity index (χ1) is 10.5. The molecule has 2 unspecified atom stereocenters. The number of rotatable bonds is 5. The Morgan fingerprint density at radius 2 is 2.09 bits per heavy atom. The van der Waals surface area contributed by atoms with Crippen LogP contribution in [0.1, 0.15) is 39.0 Å². The number of piperidine rings is 1. The second-order valence-corrected chi connectivity index (χ2v) is 6.96. The van der Waals surface area contributed by atoms with Gasteiger partial charge in [0.1, 0.15) is 6.04 Å². The van der Waals surface area contributed by atoms with E-state index < -0.39 is 5.97 Å². The van der Waals surface area contributed by atoms with Crippen LogP contribution in [0.25, 0.3) is 0 Å². The van der Waals surface area contributed by atoms with Gasteiger partial charge in [0.2, 0.25) is 11.8 Å². The molecule has 22 heavy (non-hydrogen) atoms. The highest BCUT2D eigenvalue weighted by Gasteiger charge is 2.37. The summed E-state index contributed by atoms with van der Waals surface area (Å²) >= 11 is 1.62. The zero-order valence-corrected chi connectivity index (χ0v) is 13.8. The van der Waals surface area contributed by atoms with Gasteiger partial charge in [0, 0.05) is 31.7 Å². The number of hydrogen-bond donors (Lipinski definition) is 1. The monoisotopic (exact) mass is 328 g/mol. The van der Waals surface area contributed by atoms with Gasteiger partial charge >= 0.3 is 5.97 Å². The Morgan fingerprint density at radius 3 is 2.77 bits per heavy atom. The third kappa shape index (κ3) is 4.15. The Bertz CT molecular complexity index is 443. The topological polar surface area (TPSA) is 77.9 Å². The molecule has 0 aliphatic carbocycles. The highest BCUT2D eigenvalue weighted by Crippen LogP contribution is 2.26. The molecular formula is C15H24N2O4S. The maximum atomic E-state index is 12.7. The molecule has 0 spiro atoms. The fraction of sp³-hybridized carbons (Fsp3) is 0.800. The molecule has 2 aliphatic heterocycles. The van der Waals surface area contributed by atoms with E-state index in [1.54, 1.807) is 16.7 Å². The zero-order chi connectivity index (χ0) is 16.1. The van der Waals surface area contributed by atoms with E-state index in [-0.39, 0.29) is 30.2 Å². The molecular weight excluding hydrogens is 304 g/mol. The second kappa shape index (κ2) is 7.85. The highest BCUT2D eigenvalue weighted by molar-refractivity contribution is 7.99. The molecule has 0 saturated carbocycles. The van der Waals surface area contributed by atoms with Gasteiger partial charge in [0.15, 0.2) is 0 Å². The quantitative estimate of drug-likeness (QED) is 0.825. The number of amides is 2. The second-order valence-electron chi connectivity index (χ2n) is 5.96. The summed E-state index contributed by atoms with van der Waals surface area (Å²) in [5.74, 6) is 0.809. The van der Waals surface area contributed by atoms with Crippen molar-refractivity contribution >= 4 is 29.5 Å². The Hall–Kier alpha value is -1.24. The lowest BCUT2D eigenvalue weighted by atomic mass is 9.93. The first-order valence-corrected chi connectivity index (χ1v) is 9.06. The molecule has 1 N–H and O–H groups in total. The summed E-state index contributed by atoms with van der Waals surface area (Å²) in [7, 11) is 0. The number of aliphatic carboxylic acids is 1. The minimum atomic E-state index is -0.782. The van der Waals surface area contributed by atoms with Crippen LogP contribution in [0.5, 0.6) is 0 Å². The van der Waals surface area contributed by atoms with Crippen LogP contribution in [0.15, 0.2) is 0 Å². The Morgan fingerprint density at radius 1 is 1.32 bits per heavy atom. The fourth-order valence-corrected chi connectivity index (χ4v) is 4.31. The van der Waals surface area contributed by atoms with Crippen LogP contribution in [0.2, 0.25) is 0 Å². The van der Waals surface area contributed by atoms with Crippen molar-refractivity contribution < 1.29 is 19.5 Å². The van der Waals surface area contributed by atoms with Crippen molar-refractivity contribution in [2.75, 3.05) is 24.7 Å². The fourth-order valence-electron chi connectivity index (χ4n) is 3.14. The van der Waals surface area contributed by atoms with Crippen LogP contribution in [0.3, 0.4) is 0 Å². The van der Waals surface area contributed by atoms with Crippen LogP contribution in [-0.4, -0.2) is 63.5 Å². The van der Waals surface area contributed by atoms with E-state index in [4.69, 9.17) is 5.11 Å². The summed E-state index contributed by atoms with van der Waals surface area (Å²) in [4.78, 5) is 38.9. The average Bonchev–Trinajstić information content (AvgIpc) is 3.01. The molecule has 2 aliphatic rings. The predicted molar refractivity (Wildman–Crippen MR) is 84.4 cm³/mol. The van der Waals surface area contributed by atoms with Crippen LogP contribution >= 0.6 is 11.8 Å². The van der Waals surface area contributed by atoms with Gasteiger partial charge < -0.3 is 14.9 Å². The van der Waals surface area contributed by atoms with Gasteiger partial charge in [-0.3, -0.25) is 14.4 Å². The number of carboxylic acid groups (broad SMARTS) is 1. The van der Waals surface area contributed by atoms with Crippen molar-refractivity contribution in [2.24, 2.45) is 5.92 Å². The summed E-state index contributed by atoms with van der Waals surface area (Å²) in [5.41, 5.74) is 0. The third-order valence-electron chi connectivity index (χ3n) is 4.39. The predicted octanol–water partition coefficient (Wildman–Crippen LogP) is 1.40. The number of carbonyl (C=O) groups excluding carboxylic acids is 2. The molecule has 2 rings (SSSR count). The largest absolute Gasteiger partial charge is 0.481 e. The molecule has 2 amide bonds. The number of hydrogen-bond acceptors (Lipinski definition) is 4. The maximum Gasteiger partial charge on any atom is 0.303 e. The molecule has 0 aromatic heterocycles.